The summed E-state index contributed by atoms with van der Waals surface area (Å²) in [6.45, 7) is 2.03. The number of hydrogen-bond donors (Lipinski definition) is 0. The summed E-state index contributed by atoms with van der Waals surface area (Å²) in [5, 5.41) is 6.71. The Bertz CT molecular complexity index is 1230. The van der Waals surface area contributed by atoms with Gasteiger partial charge in [-0.25, -0.2) is 0 Å². The van der Waals surface area contributed by atoms with Crippen molar-refractivity contribution in [1.29, 1.82) is 0 Å². The van der Waals surface area contributed by atoms with E-state index in [4.69, 9.17) is 0 Å². The third-order valence-corrected chi connectivity index (χ3v) is 7.86. The van der Waals surface area contributed by atoms with Gasteiger partial charge in [-0.3, -0.25) is 4.98 Å². The molecule has 0 aliphatic heterocycles. The van der Waals surface area contributed by atoms with Crippen LogP contribution in [0.5, 0.6) is 0 Å². The highest BCUT2D eigenvalue weighted by molar-refractivity contribution is 7.80. The highest BCUT2D eigenvalue weighted by Gasteiger charge is 2.20. The Hall–Kier alpha value is -3.28. The fourth-order valence-corrected chi connectivity index (χ4v) is 6.46. The van der Waals surface area contributed by atoms with Gasteiger partial charge in [0.2, 0.25) is 0 Å². The molecule has 144 valence electrons. The van der Waals surface area contributed by atoms with Crippen molar-refractivity contribution in [3.05, 3.63) is 121 Å². The maximum absolute atomic E-state index is 4.56. The lowest BCUT2D eigenvalue weighted by Gasteiger charge is -2.22. The van der Waals surface area contributed by atoms with Crippen LogP contribution in [0.25, 0.3) is 21.9 Å². The highest BCUT2D eigenvalue weighted by atomic mass is 31.1. The minimum absolute atomic E-state index is 0.679. The summed E-state index contributed by atoms with van der Waals surface area (Å²) in [5.41, 5.74) is 3.44. The Balaban J connectivity index is 1.81. The number of nitrogens with zero attached hydrogens (tertiary/aromatic N) is 1. The Morgan fingerprint density at radius 1 is 0.600 bits per heavy atom. The van der Waals surface area contributed by atoms with Crippen molar-refractivity contribution in [1.82, 2.24) is 4.98 Å². The summed E-state index contributed by atoms with van der Waals surface area (Å²) < 4.78 is 0. The Kier molecular flexibility index (Phi) is 5.13. The molecule has 30 heavy (non-hydrogen) atoms. The molecular weight excluding hydrogens is 381 g/mol. The van der Waals surface area contributed by atoms with Crippen LogP contribution in [-0.4, -0.2) is 4.98 Å². The van der Waals surface area contributed by atoms with Crippen molar-refractivity contribution < 1.29 is 0 Å². The summed E-state index contributed by atoms with van der Waals surface area (Å²) in [6.07, 6.45) is 1.99. The molecule has 0 aliphatic carbocycles. The van der Waals surface area contributed by atoms with Crippen LogP contribution in [0.15, 0.2) is 115 Å². The molecule has 0 radical (unpaired) electrons. The van der Waals surface area contributed by atoms with Gasteiger partial charge >= 0.3 is 0 Å². The van der Waals surface area contributed by atoms with Crippen LogP contribution in [-0.2, 0) is 0 Å². The topological polar surface area (TPSA) is 12.9 Å². The molecule has 1 aromatic heterocycles. The molecule has 1 heterocycles. The molecule has 0 amide bonds. The summed E-state index contributed by atoms with van der Waals surface area (Å²) >= 11 is 0. The van der Waals surface area contributed by atoms with E-state index in [1.165, 1.54) is 32.2 Å². The quantitative estimate of drug-likeness (QED) is 0.337. The van der Waals surface area contributed by atoms with Crippen molar-refractivity contribution in [2.75, 3.05) is 0 Å². The Morgan fingerprint density at radius 3 is 1.83 bits per heavy atom. The molecule has 0 spiro atoms. The lowest BCUT2D eigenvalue weighted by Crippen LogP contribution is -2.21. The molecule has 5 aromatic rings. The summed E-state index contributed by atoms with van der Waals surface area (Å²) in [4.78, 5) is 4.56. The van der Waals surface area contributed by atoms with E-state index in [2.05, 4.69) is 114 Å². The van der Waals surface area contributed by atoms with E-state index in [1.54, 1.807) is 0 Å². The Morgan fingerprint density at radius 2 is 1.23 bits per heavy atom. The molecule has 0 aliphatic rings. The molecule has 0 atom stereocenters. The number of fused-ring (bicyclic) bond motifs is 1. The number of hydrogen-bond acceptors (Lipinski definition) is 1. The lowest BCUT2D eigenvalue weighted by molar-refractivity contribution is 1.20. The zero-order valence-electron chi connectivity index (χ0n) is 16.9. The monoisotopic (exact) mass is 403 g/mol. The van der Waals surface area contributed by atoms with Crippen LogP contribution >= 0.6 is 7.92 Å². The van der Waals surface area contributed by atoms with Crippen molar-refractivity contribution >= 4 is 34.6 Å². The fourth-order valence-electron chi connectivity index (χ4n) is 3.96. The predicted octanol–water partition coefficient (Wildman–Crippen LogP) is 5.97. The average molecular weight is 403 g/mol. The molecule has 0 unspecified atom stereocenters. The lowest BCUT2D eigenvalue weighted by atomic mass is 9.99. The van der Waals surface area contributed by atoms with Crippen LogP contribution < -0.4 is 15.9 Å². The second-order valence-electron chi connectivity index (χ2n) is 7.38. The van der Waals surface area contributed by atoms with E-state index < -0.39 is 7.92 Å². The number of aromatic nitrogens is 1. The molecule has 0 bridgehead atoms. The maximum Gasteiger partial charge on any atom is 0.0373 e. The van der Waals surface area contributed by atoms with Gasteiger partial charge in [0.25, 0.3) is 0 Å². The van der Waals surface area contributed by atoms with E-state index in [0.29, 0.717) is 0 Å². The standard InChI is InChI=1S/C28H22NP/c1-21-18-19-23(20-29-21)26-16-8-10-22-11-9-17-27(28(22)26)30(24-12-4-2-5-13-24)25-14-6-3-7-15-25/h2-20H,1H3. The van der Waals surface area contributed by atoms with Crippen LogP contribution in [0.1, 0.15) is 5.69 Å². The average Bonchev–Trinajstić information content (AvgIpc) is 2.81. The number of pyridine rings is 1. The van der Waals surface area contributed by atoms with Gasteiger partial charge in [0.1, 0.15) is 0 Å². The van der Waals surface area contributed by atoms with Gasteiger partial charge in [-0.2, -0.15) is 0 Å². The van der Waals surface area contributed by atoms with Crippen LogP contribution in [0, 0.1) is 6.92 Å². The first kappa shape index (κ1) is 18.7. The molecule has 2 heteroatoms. The summed E-state index contributed by atoms with van der Waals surface area (Å²) in [6, 6.07) is 39.4. The van der Waals surface area contributed by atoms with Crippen molar-refractivity contribution in [2.24, 2.45) is 0 Å². The first-order valence-corrected chi connectivity index (χ1v) is 11.5. The molecule has 1 nitrogen and oxygen atoms in total. The number of rotatable bonds is 4. The molecule has 0 fully saturated rings. The molecule has 0 saturated carbocycles. The first-order valence-electron chi connectivity index (χ1n) is 10.2. The largest absolute Gasteiger partial charge is 0.261 e. The second-order valence-corrected chi connectivity index (χ2v) is 9.56. The molecule has 0 N–H and O–H groups in total. The third-order valence-electron chi connectivity index (χ3n) is 5.37. The zero-order chi connectivity index (χ0) is 20.3. The minimum Gasteiger partial charge on any atom is -0.261 e. The molecule has 4 aromatic carbocycles. The van der Waals surface area contributed by atoms with Gasteiger partial charge in [0.15, 0.2) is 0 Å². The zero-order valence-corrected chi connectivity index (χ0v) is 17.8. The molecular formula is C28H22NP. The van der Waals surface area contributed by atoms with Crippen molar-refractivity contribution in [2.45, 2.75) is 6.92 Å². The fraction of sp³-hybridized carbons (Fsp3) is 0.0357. The first-order chi connectivity index (χ1) is 14.8. The normalized spacial score (nSPS) is 11.1. The van der Waals surface area contributed by atoms with Gasteiger partial charge in [-0.05, 0) is 53.2 Å². The van der Waals surface area contributed by atoms with Crippen molar-refractivity contribution in [3.8, 4) is 11.1 Å². The van der Waals surface area contributed by atoms with Gasteiger partial charge in [-0.1, -0.05) is 103 Å². The van der Waals surface area contributed by atoms with Gasteiger partial charge in [-0.15, -0.1) is 0 Å². The smallest absolute Gasteiger partial charge is 0.0373 e. The van der Waals surface area contributed by atoms with Crippen LogP contribution in [0.3, 0.4) is 0 Å². The van der Waals surface area contributed by atoms with Gasteiger partial charge in [0, 0.05) is 17.5 Å². The SMILES string of the molecule is Cc1ccc(-c2cccc3cccc(P(c4ccccc4)c4ccccc4)c23)cn1. The predicted molar refractivity (Wildman–Crippen MR) is 131 cm³/mol. The summed E-state index contributed by atoms with van der Waals surface area (Å²) in [7, 11) is -0.679. The Labute approximate surface area is 178 Å². The number of aryl methyl sites for hydroxylation is 1. The van der Waals surface area contributed by atoms with E-state index in [0.717, 1.165) is 11.3 Å². The maximum atomic E-state index is 4.56. The third kappa shape index (κ3) is 3.54. The number of benzene rings is 4. The van der Waals surface area contributed by atoms with Crippen molar-refractivity contribution in [3.63, 3.8) is 0 Å². The second kappa shape index (κ2) is 8.22. The van der Waals surface area contributed by atoms with E-state index in [9.17, 15) is 0 Å². The van der Waals surface area contributed by atoms with Gasteiger partial charge in [0.05, 0.1) is 0 Å². The minimum atomic E-state index is -0.679. The van der Waals surface area contributed by atoms with E-state index in [-0.39, 0.29) is 0 Å². The van der Waals surface area contributed by atoms with E-state index >= 15 is 0 Å². The summed E-state index contributed by atoms with van der Waals surface area (Å²) in [5.74, 6) is 0. The van der Waals surface area contributed by atoms with Crippen LogP contribution in [0.2, 0.25) is 0 Å². The molecule has 0 saturated heterocycles. The van der Waals surface area contributed by atoms with Gasteiger partial charge < -0.3 is 0 Å². The van der Waals surface area contributed by atoms with Crippen LogP contribution in [0.4, 0.5) is 0 Å². The molecule has 5 rings (SSSR count). The highest BCUT2D eigenvalue weighted by Crippen LogP contribution is 2.38. The van der Waals surface area contributed by atoms with E-state index in [1.807, 2.05) is 13.1 Å².